The van der Waals surface area contributed by atoms with Crippen molar-refractivity contribution in [3.63, 3.8) is 0 Å². The molecule has 22 heavy (non-hydrogen) atoms. The van der Waals surface area contributed by atoms with Gasteiger partial charge in [-0.05, 0) is 57.2 Å². The van der Waals surface area contributed by atoms with Gasteiger partial charge in [-0.25, -0.2) is 0 Å². The summed E-state index contributed by atoms with van der Waals surface area (Å²) in [4.78, 5) is 2.20. The Morgan fingerprint density at radius 2 is 1.59 bits per heavy atom. The first-order chi connectivity index (χ1) is 10.3. The molecule has 0 unspecified atom stereocenters. The van der Waals surface area contributed by atoms with E-state index in [0.717, 1.165) is 24.7 Å². The third kappa shape index (κ3) is 2.97. The zero-order valence-electron chi connectivity index (χ0n) is 13.9. The Morgan fingerprint density at radius 1 is 1.00 bits per heavy atom. The second-order valence-corrected chi connectivity index (χ2v) is 7.20. The number of morpholine rings is 1. The smallest absolute Gasteiger partial charge is 0.250 e. The first-order valence-electron chi connectivity index (χ1n) is 7.56. The summed E-state index contributed by atoms with van der Waals surface area (Å²) in [7, 11) is 0. The van der Waals surface area contributed by atoms with Crippen molar-refractivity contribution in [1.82, 2.24) is 20.2 Å². The van der Waals surface area contributed by atoms with Crippen LogP contribution < -0.4 is 4.90 Å². The molecule has 1 saturated heterocycles. The van der Waals surface area contributed by atoms with Crippen LogP contribution in [-0.4, -0.2) is 44.5 Å². The zero-order chi connectivity index (χ0) is 16.0. The van der Waals surface area contributed by atoms with Gasteiger partial charge < -0.3 is 9.64 Å². The van der Waals surface area contributed by atoms with Crippen LogP contribution in [0.5, 0.6) is 0 Å². The quantitative estimate of drug-likeness (QED) is 0.852. The van der Waals surface area contributed by atoms with Crippen molar-refractivity contribution in [2.24, 2.45) is 0 Å². The second-order valence-electron chi connectivity index (χ2n) is 7.20. The molecule has 0 saturated carbocycles. The summed E-state index contributed by atoms with van der Waals surface area (Å²) < 4.78 is 7.92. The molecule has 1 aliphatic heterocycles. The van der Waals surface area contributed by atoms with Crippen LogP contribution in [0, 0.1) is 6.92 Å². The van der Waals surface area contributed by atoms with Crippen LogP contribution in [0.1, 0.15) is 33.3 Å². The van der Waals surface area contributed by atoms with Gasteiger partial charge in [-0.3, -0.25) is 0 Å². The summed E-state index contributed by atoms with van der Waals surface area (Å²) in [6.45, 7) is 12.0. The van der Waals surface area contributed by atoms with Crippen LogP contribution >= 0.6 is 0 Å². The van der Waals surface area contributed by atoms with Gasteiger partial charge in [-0.1, -0.05) is 22.8 Å². The predicted molar refractivity (Wildman–Crippen MR) is 85.3 cm³/mol. The van der Waals surface area contributed by atoms with Crippen molar-refractivity contribution >= 4 is 5.95 Å². The summed E-state index contributed by atoms with van der Waals surface area (Å²) in [5, 5.41) is 12.3. The summed E-state index contributed by atoms with van der Waals surface area (Å²) in [5.41, 5.74) is 1.69. The Bertz CT molecular complexity index is 643. The van der Waals surface area contributed by atoms with Gasteiger partial charge in [0.1, 0.15) is 0 Å². The van der Waals surface area contributed by atoms with E-state index in [4.69, 9.17) is 4.74 Å². The van der Waals surface area contributed by atoms with Gasteiger partial charge >= 0.3 is 0 Å². The monoisotopic (exact) mass is 301 g/mol. The van der Waals surface area contributed by atoms with E-state index < -0.39 is 0 Å². The number of aryl methyl sites for hydroxylation is 1. The van der Waals surface area contributed by atoms with Crippen molar-refractivity contribution in [2.45, 2.75) is 45.8 Å². The highest BCUT2D eigenvalue weighted by molar-refractivity contribution is 5.42. The molecule has 1 aliphatic rings. The van der Waals surface area contributed by atoms with Crippen molar-refractivity contribution in [2.75, 3.05) is 18.0 Å². The van der Waals surface area contributed by atoms with Crippen molar-refractivity contribution in [3.8, 4) is 5.69 Å². The first kappa shape index (κ1) is 15.0. The van der Waals surface area contributed by atoms with Gasteiger partial charge in [0, 0.05) is 13.1 Å². The molecule has 1 aromatic heterocycles. The van der Waals surface area contributed by atoms with Crippen LogP contribution in [0.3, 0.4) is 0 Å². The Labute approximate surface area is 131 Å². The average molecular weight is 301 g/mol. The first-order valence-corrected chi connectivity index (χ1v) is 7.56. The number of nitrogens with zero attached hydrogens (tertiary/aromatic N) is 5. The van der Waals surface area contributed by atoms with E-state index in [-0.39, 0.29) is 11.2 Å². The number of ether oxygens (including phenoxy) is 1. The van der Waals surface area contributed by atoms with Gasteiger partial charge in [0.15, 0.2) is 0 Å². The molecule has 0 N–H and O–H groups in total. The fraction of sp³-hybridized carbons (Fsp3) is 0.562. The molecule has 0 aliphatic carbocycles. The molecule has 0 atom stereocenters. The fourth-order valence-corrected chi connectivity index (χ4v) is 3.16. The molecule has 0 spiro atoms. The standard InChI is InChI=1S/C16H23N5O/c1-12-6-8-13(9-7-12)21-14(17-18-19-21)20-10-15(2,3)22-16(4,5)11-20/h6-9H,10-11H2,1-5H3. The Hall–Kier alpha value is -1.95. The lowest BCUT2D eigenvalue weighted by atomic mass is 9.99. The van der Waals surface area contributed by atoms with Crippen LogP contribution in [0.15, 0.2) is 24.3 Å². The molecule has 2 heterocycles. The SMILES string of the molecule is Cc1ccc(-n2nnnc2N2CC(C)(C)OC(C)(C)C2)cc1. The van der Waals surface area contributed by atoms with E-state index in [1.54, 1.807) is 4.68 Å². The van der Waals surface area contributed by atoms with Crippen LogP contribution in [-0.2, 0) is 4.74 Å². The summed E-state index contributed by atoms with van der Waals surface area (Å²) in [5.74, 6) is 0.758. The highest BCUT2D eigenvalue weighted by Gasteiger charge is 2.39. The van der Waals surface area contributed by atoms with E-state index in [9.17, 15) is 0 Å². The number of rotatable bonds is 2. The molecule has 3 rings (SSSR count). The van der Waals surface area contributed by atoms with Gasteiger partial charge in [-0.15, -0.1) is 0 Å². The minimum atomic E-state index is -0.244. The summed E-state index contributed by atoms with van der Waals surface area (Å²) in [6.07, 6.45) is 0. The third-order valence-electron chi connectivity index (χ3n) is 3.71. The van der Waals surface area contributed by atoms with Crippen LogP contribution in [0.2, 0.25) is 0 Å². The summed E-state index contributed by atoms with van der Waals surface area (Å²) >= 11 is 0. The van der Waals surface area contributed by atoms with Crippen molar-refractivity contribution in [3.05, 3.63) is 29.8 Å². The maximum absolute atomic E-state index is 6.13. The molecule has 6 heteroatoms. The van der Waals surface area contributed by atoms with Gasteiger partial charge in [-0.2, -0.15) is 4.68 Å². The minimum Gasteiger partial charge on any atom is -0.366 e. The molecule has 118 valence electrons. The number of benzene rings is 1. The average Bonchev–Trinajstić information content (AvgIpc) is 2.85. The number of hydrogen-bond donors (Lipinski definition) is 0. The maximum atomic E-state index is 6.13. The van der Waals surface area contributed by atoms with Gasteiger partial charge in [0.2, 0.25) is 0 Å². The highest BCUT2D eigenvalue weighted by atomic mass is 16.5. The lowest BCUT2D eigenvalue weighted by Gasteiger charge is -2.47. The molecule has 1 fully saturated rings. The van der Waals surface area contributed by atoms with Crippen molar-refractivity contribution < 1.29 is 4.74 Å². The van der Waals surface area contributed by atoms with E-state index in [1.807, 2.05) is 12.1 Å². The molecular formula is C16H23N5O. The normalized spacial score (nSPS) is 20.1. The lowest BCUT2D eigenvalue weighted by Crippen LogP contribution is -2.57. The van der Waals surface area contributed by atoms with Crippen molar-refractivity contribution in [1.29, 1.82) is 0 Å². The number of tetrazole rings is 1. The third-order valence-corrected chi connectivity index (χ3v) is 3.71. The van der Waals surface area contributed by atoms with E-state index in [0.29, 0.717) is 0 Å². The van der Waals surface area contributed by atoms with Crippen LogP contribution in [0.4, 0.5) is 5.95 Å². The zero-order valence-corrected chi connectivity index (χ0v) is 13.9. The van der Waals surface area contributed by atoms with E-state index in [2.05, 4.69) is 67.2 Å². The molecule has 0 amide bonds. The highest BCUT2D eigenvalue weighted by Crippen LogP contribution is 2.31. The Balaban J connectivity index is 1.96. The van der Waals surface area contributed by atoms with E-state index >= 15 is 0 Å². The van der Waals surface area contributed by atoms with Gasteiger partial charge in [0.05, 0.1) is 16.9 Å². The number of aromatic nitrogens is 4. The molecule has 2 aromatic rings. The number of hydrogen-bond acceptors (Lipinski definition) is 5. The molecule has 0 radical (unpaired) electrons. The molecule has 1 aromatic carbocycles. The predicted octanol–water partition coefficient (Wildman–Crippen LogP) is 2.36. The van der Waals surface area contributed by atoms with Crippen LogP contribution in [0.25, 0.3) is 5.69 Å². The molecular weight excluding hydrogens is 278 g/mol. The topological polar surface area (TPSA) is 56.1 Å². The largest absolute Gasteiger partial charge is 0.366 e. The Kier molecular flexibility index (Phi) is 3.44. The van der Waals surface area contributed by atoms with E-state index in [1.165, 1.54) is 5.56 Å². The fourth-order valence-electron chi connectivity index (χ4n) is 3.16. The van der Waals surface area contributed by atoms with Gasteiger partial charge in [0.25, 0.3) is 5.95 Å². The second kappa shape index (κ2) is 5.05. The maximum Gasteiger partial charge on any atom is 0.250 e. The Morgan fingerprint density at radius 3 is 2.18 bits per heavy atom. The number of anilines is 1. The molecule has 0 bridgehead atoms. The minimum absolute atomic E-state index is 0.244. The lowest BCUT2D eigenvalue weighted by molar-refractivity contribution is -0.133. The summed E-state index contributed by atoms with van der Waals surface area (Å²) in [6, 6.07) is 8.19. The molecule has 6 nitrogen and oxygen atoms in total.